The SMILES string of the molecule is CCC(=O)NC(C)(CO)c1cc(Br)ccc1F. The minimum absolute atomic E-state index is 0.235. The zero-order valence-electron chi connectivity index (χ0n) is 9.76. The number of carbonyl (C=O) groups excluding carboxylic acids is 1. The van der Waals surface area contributed by atoms with Crippen molar-refractivity contribution in [2.24, 2.45) is 0 Å². The number of benzene rings is 1. The van der Waals surface area contributed by atoms with Crippen LogP contribution < -0.4 is 5.32 Å². The summed E-state index contributed by atoms with van der Waals surface area (Å²) in [5.74, 6) is -0.693. The van der Waals surface area contributed by atoms with Crippen LogP contribution in [0, 0.1) is 5.82 Å². The molecule has 1 unspecified atom stereocenters. The second-order valence-electron chi connectivity index (χ2n) is 4.02. The Balaban J connectivity index is 3.15. The van der Waals surface area contributed by atoms with E-state index in [1.165, 1.54) is 6.07 Å². The summed E-state index contributed by atoms with van der Waals surface area (Å²) in [6.45, 7) is 2.92. The summed E-state index contributed by atoms with van der Waals surface area (Å²) >= 11 is 3.24. The molecule has 0 radical (unpaired) electrons. The second kappa shape index (κ2) is 5.60. The number of hydrogen-bond donors (Lipinski definition) is 2. The van der Waals surface area contributed by atoms with Crippen LogP contribution in [0.25, 0.3) is 0 Å². The highest BCUT2D eigenvalue weighted by Gasteiger charge is 2.30. The number of halogens is 2. The average molecular weight is 304 g/mol. The molecule has 0 aromatic heterocycles. The predicted molar refractivity (Wildman–Crippen MR) is 67.0 cm³/mol. The molecule has 5 heteroatoms. The van der Waals surface area contributed by atoms with Crippen molar-refractivity contribution in [3.05, 3.63) is 34.1 Å². The van der Waals surface area contributed by atoms with Gasteiger partial charge in [-0.1, -0.05) is 22.9 Å². The van der Waals surface area contributed by atoms with Crippen LogP contribution in [0.15, 0.2) is 22.7 Å². The zero-order valence-corrected chi connectivity index (χ0v) is 11.3. The lowest BCUT2D eigenvalue weighted by Crippen LogP contribution is -2.46. The normalized spacial score (nSPS) is 14.2. The van der Waals surface area contributed by atoms with E-state index in [4.69, 9.17) is 0 Å². The molecule has 17 heavy (non-hydrogen) atoms. The van der Waals surface area contributed by atoms with Gasteiger partial charge in [-0.3, -0.25) is 4.79 Å². The van der Waals surface area contributed by atoms with Gasteiger partial charge in [0, 0.05) is 16.5 Å². The largest absolute Gasteiger partial charge is 0.394 e. The Morgan fingerprint density at radius 2 is 2.24 bits per heavy atom. The molecule has 1 amide bonds. The maximum absolute atomic E-state index is 13.7. The van der Waals surface area contributed by atoms with E-state index < -0.39 is 11.4 Å². The molecule has 0 bridgehead atoms. The molecule has 1 aromatic rings. The molecule has 0 spiro atoms. The first kappa shape index (κ1) is 14.1. The predicted octanol–water partition coefficient (Wildman–Crippen LogP) is 2.32. The fourth-order valence-corrected chi connectivity index (χ4v) is 1.87. The van der Waals surface area contributed by atoms with E-state index in [0.717, 1.165) is 0 Å². The van der Waals surface area contributed by atoms with Crippen LogP contribution in [0.2, 0.25) is 0 Å². The third kappa shape index (κ3) is 3.26. The first-order valence-electron chi connectivity index (χ1n) is 5.30. The van der Waals surface area contributed by atoms with Crippen LogP contribution >= 0.6 is 15.9 Å². The Morgan fingerprint density at radius 1 is 1.59 bits per heavy atom. The van der Waals surface area contributed by atoms with Crippen LogP contribution in [0.4, 0.5) is 4.39 Å². The maximum Gasteiger partial charge on any atom is 0.220 e. The summed E-state index contributed by atoms with van der Waals surface area (Å²) in [7, 11) is 0. The zero-order chi connectivity index (χ0) is 13.1. The topological polar surface area (TPSA) is 49.3 Å². The fraction of sp³-hybridized carbons (Fsp3) is 0.417. The van der Waals surface area contributed by atoms with E-state index in [0.29, 0.717) is 4.47 Å². The van der Waals surface area contributed by atoms with Crippen molar-refractivity contribution in [3.63, 3.8) is 0 Å². The van der Waals surface area contributed by atoms with Gasteiger partial charge in [0.05, 0.1) is 12.1 Å². The van der Waals surface area contributed by atoms with Gasteiger partial charge in [-0.25, -0.2) is 4.39 Å². The molecule has 0 heterocycles. The van der Waals surface area contributed by atoms with Gasteiger partial charge < -0.3 is 10.4 Å². The molecule has 94 valence electrons. The quantitative estimate of drug-likeness (QED) is 0.897. The lowest BCUT2D eigenvalue weighted by molar-refractivity contribution is -0.123. The Kier molecular flexibility index (Phi) is 4.65. The Bertz CT molecular complexity index is 425. The maximum atomic E-state index is 13.7. The van der Waals surface area contributed by atoms with Gasteiger partial charge in [0.25, 0.3) is 0 Å². The molecule has 0 aliphatic rings. The van der Waals surface area contributed by atoms with Crippen molar-refractivity contribution in [2.45, 2.75) is 25.8 Å². The van der Waals surface area contributed by atoms with Crippen molar-refractivity contribution >= 4 is 21.8 Å². The van der Waals surface area contributed by atoms with Gasteiger partial charge >= 0.3 is 0 Å². The molecule has 0 fully saturated rings. The minimum atomic E-state index is -1.11. The van der Waals surface area contributed by atoms with Crippen molar-refractivity contribution < 1.29 is 14.3 Å². The number of amides is 1. The summed E-state index contributed by atoms with van der Waals surface area (Å²) in [6.07, 6.45) is 0.283. The van der Waals surface area contributed by atoms with E-state index in [1.54, 1.807) is 26.0 Å². The highest BCUT2D eigenvalue weighted by atomic mass is 79.9. The van der Waals surface area contributed by atoms with Crippen molar-refractivity contribution in [3.8, 4) is 0 Å². The lowest BCUT2D eigenvalue weighted by Gasteiger charge is -2.29. The molecule has 1 atom stereocenters. The van der Waals surface area contributed by atoms with Crippen LogP contribution in [-0.2, 0) is 10.3 Å². The number of aliphatic hydroxyl groups excluding tert-OH is 1. The van der Waals surface area contributed by atoms with E-state index in [9.17, 15) is 14.3 Å². The van der Waals surface area contributed by atoms with Gasteiger partial charge in [-0.15, -0.1) is 0 Å². The minimum Gasteiger partial charge on any atom is -0.394 e. The van der Waals surface area contributed by atoms with Crippen LogP contribution in [0.3, 0.4) is 0 Å². The number of aliphatic hydroxyl groups is 1. The van der Waals surface area contributed by atoms with Gasteiger partial charge in [-0.05, 0) is 25.1 Å². The van der Waals surface area contributed by atoms with Crippen LogP contribution in [-0.4, -0.2) is 17.6 Å². The highest BCUT2D eigenvalue weighted by Crippen LogP contribution is 2.26. The van der Waals surface area contributed by atoms with Gasteiger partial charge in [-0.2, -0.15) is 0 Å². The molecule has 0 aliphatic heterocycles. The molecule has 0 saturated heterocycles. The molecule has 2 N–H and O–H groups in total. The van der Waals surface area contributed by atoms with Gasteiger partial charge in [0.2, 0.25) is 5.91 Å². The first-order valence-corrected chi connectivity index (χ1v) is 6.09. The number of hydrogen-bond acceptors (Lipinski definition) is 2. The smallest absolute Gasteiger partial charge is 0.220 e. The Labute approximate surface area is 108 Å². The number of carbonyl (C=O) groups is 1. The van der Waals surface area contributed by atoms with E-state index in [-0.39, 0.29) is 24.5 Å². The summed E-state index contributed by atoms with van der Waals surface area (Å²) in [5.41, 5.74) is -0.850. The second-order valence-corrected chi connectivity index (χ2v) is 4.93. The van der Waals surface area contributed by atoms with Crippen LogP contribution in [0.5, 0.6) is 0 Å². The summed E-state index contributed by atoms with van der Waals surface area (Å²) in [5, 5.41) is 12.0. The summed E-state index contributed by atoms with van der Waals surface area (Å²) in [4.78, 5) is 11.4. The third-order valence-corrected chi connectivity index (χ3v) is 3.07. The molecule has 1 rings (SSSR count). The molecule has 0 saturated carbocycles. The summed E-state index contributed by atoms with van der Waals surface area (Å²) in [6, 6.07) is 4.42. The average Bonchev–Trinajstić information content (AvgIpc) is 2.31. The van der Waals surface area contributed by atoms with Crippen molar-refractivity contribution in [2.75, 3.05) is 6.61 Å². The van der Waals surface area contributed by atoms with Gasteiger partial charge in [0.15, 0.2) is 0 Å². The molecular formula is C12H15BrFNO2. The number of rotatable bonds is 4. The molecule has 1 aromatic carbocycles. The van der Waals surface area contributed by atoms with Crippen LogP contribution in [0.1, 0.15) is 25.8 Å². The van der Waals surface area contributed by atoms with Gasteiger partial charge in [0.1, 0.15) is 5.82 Å². The first-order chi connectivity index (χ1) is 7.92. The summed E-state index contributed by atoms with van der Waals surface area (Å²) < 4.78 is 14.4. The Hall–Kier alpha value is -0.940. The Morgan fingerprint density at radius 3 is 2.76 bits per heavy atom. The van der Waals surface area contributed by atoms with E-state index in [1.807, 2.05) is 0 Å². The van der Waals surface area contributed by atoms with E-state index in [2.05, 4.69) is 21.2 Å². The third-order valence-electron chi connectivity index (χ3n) is 2.58. The molecular weight excluding hydrogens is 289 g/mol. The van der Waals surface area contributed by atoms with E-state index >= 15 is 0 Å². The highest BCUT2D eigenvalue weighted by molar-refractivity contribution is 9.10. The number of nitrogens with one attached hydrogen (secondary N) is 1. The lowest BCUT2D eigenvalue weighted by atomic mass is 9.92. The van der Waals surface area contributed by atoms with Crippen molar-refractivity contribution in [1.29, 1.82) is 0 Å². The molecule has 0 aliphatic carbocycles. The standard InChI is InChI=1S/C12H15BrFNO2/c1-3-11(17)15-12(2,7-16)9-6-8(13)4-5-10(9)14/h4-6,16H,3,7H2,1-2H3,(H,15,17). The molecule has 3 nitrogen and oxygen atoms in total. The van der Waals surface area contributed by atoms with Crippen molar-refractivity contribution in [1.82, 2.24) is 5.32 Å². The monoisotopic (exact) mass is 303 g/mol. The fourth-order valence-electron chi connectivity index (χ4n) is 1.51.